The second-order valence-corrected chi connectivity index (χ2v) is 9.12. The van der Waals surface area contributed by atoms with Crippen LogP contribution in [-0.4, -0.2) is 9.55 Å². The number of benzene rings is 3. The minimum atomic E-state index is -0.478. The first-order valence-corrected chi connectivity index (χ1v) is 11.1. The average molecular weight is 490 g/mol. The van der Waals surface area contributed by atoms with Crippen LogP contribution in [0.2, 0.25) is 15.1 Å². The number of nitrogens with zero attached hydrogens (tertiary/aromatic N) is 2. The fourth-order valence-electron chi connectivity index (χ4n) is 3.52. The fourth-order valence-corrected chi connectivity index (χ4v) is 3.95. The molecular weight excluding hydrogens is 470 g/mol. The Morgan fingerprint density at radius 2 is 1.59 bits per heavy atom. The molecule has 0 fully saturated rings. The molecule has 0 aliphatic heterocycles. The van der Waals surface area contributed by atoms with E-state index in [9.17, 15) is 4.39 Å². The molecule has 0 radical (unpaired) electrons. The van der Waals surface area contributed by atoms with Gasteiger partial charge in [-0.25, -0.2) is 9.37 Å². The largest absolute Gasteiger partial charge is 0.486 e. The van der Waals surface area contributed by atoms with Gasteiger partial charge in [0.2, 0.25) is 0 Å². The van der Waals surface area contributed by atoms with Crippen LogP contribution in [0, 0.1) is 5.82 Å². The second-order valence-electron chi connectivity index (χ2n) is 7.87. The van der Waals surface area contributed by atoms with Crippen LogP contribution >= 0.6 is 34.8 Å². The highest BCUT2D eigenvalue weighted by molar-refractivity contribution is 6.42. The minimum absolute atomic E-state index is 0.219. The molecule has 3 nitrogen and oxygen atoms in total. The summed E-state index contributed by atoms with van der Waals surface area (Å²) in [7, 11) is 0. The van der Waals surface area contributed by atoms with E-state index >= 15 is 0 Å². The standard InChI is InChI=1S/C25H20Cl3FN2O/c1-25(2,16-3-12-21(27)22(28)13-16)23-14-30-24(15-32-20-10-4-17(26)5-11-20)31(23)19-8-6-18(29)7-9-19/h3-14H,15H2,1-2H3. The number of hydrogen-bond donors (Lipinski definition) is 0. The van der Waals surface area contributed by atoms with Gasteiger partial charge in [-0.15, -0.1) is 0 Å². The summed E-state index contributed by atoms with van der Waals surface area (Å²) in [4.78, 5) is 4.64. The normalized spacial score (nSPS) is 11.6. The van der Waals surface area contributed by atoms with Crippen molar-refractivity contribution in [2.45, 2.75) is 25.9 Å². The molecule has 0 spiro atoms. The van der Waals surface area contributed by atoms with E-state index in [2.05, 4.69) is 18.8 Å². The molecule has 4 aromatic rings. The second kappa shape index (κ2) is 9.14. The molecule has 0 saturated carbocycles. The summed E-state index contributed by atoms with van der Waals surface area (Å²) in [5.74, 6) is 1.04. The third-order valence-corrected chi connectivity index (χ3v) is 6.37. The molecule has 1 aromatic heterocycles. The maximum absolute atomic E-state index is 13.6. The van der Waals surface area contributed by atoms with Gasteiger partial charge in [-0.1, -0.05) is 54.7 Å². The maximum atomic E-state index is 13.6. The van der Waals surface area contributed by atoms with Gasteiger partial charge >= 0.3 is 0 Å². The Bertz CT molecular complexity index is 1240. The van der Waals surface area contributed by atoms with Crippen molar-refractivity contribution in [1.29, 1.82) is 0 Å². The molecule has 3 aromatic carbocycles. The van der Waals surface area contributed by atoms with Crippen LogP contribution in [0.15, 0.2) is 72.9 Å². The molecule has 0 amide bonds. The van der Waals surface area contributed by atoms with Gasteiger partial charge in [0.05, 0.1) is 15.7 Å². The van der Waals surface area contributed by atoms with Crippen molar-refractivity contribution in [3.8, 4) is 11.4 Å². The lowest BCUT2D eigenvalue weighted by Crippen LogP contribution is -2.23. The number of hydrogen-bond acceptors (Lipinski definition) is 2. The first kappa shape index (κ1) is 22.7. The summed E-state index contributed by atoms with van der Waals surface area (Å²) in [5, 5.41) is 1.61. The minimum Gasteiger partial charge on any atom is -0.486 e. The Morgan fingerprint density at radius 3 is 2.25 bits per heavy atom. The summed E-state index contributed by atoms with van der Waals surface area (Å²) in [5.41, 5.74) is 2.17. The molecule has 7 heteroatoms. The summed E-state index contributed by atoms with van der Waals surface area (Å²) < 4.78 is 21.6. The third kappa shape index (κ3) is 4.63. The smallest absolute Gasteiger partial charge is 0.151 e. The number of imidazole rings is 1. The van der Waals surface area contributed by atoms with Crippen LogP contribution < -0.4 is 4.74 Å². The van der Waals surface area contributed by atoms with Crippen molar-refractivity contribution in [3.63, 3.8) is 0 Å². The Labute approximate surface area is 201 Å². The van der Waals surface area contributed by atoms with Crippen LogP contribution in [0.25, 0.3) is 5.69 Å². The summed E-state index contributed by atoms with van der Waals surface area (Å²) in [6.45, 7) is 4.37. The number of ether oxygens (including phenoxy) is 1. The van der Waals surface area contributed by atoms with E-state index in [1.807, 2.05) is 22.9 Å². The highest BCUT2D eigenvalue weighted by Crippen LogP contribution is 2.36. The number of halogens is 4. The lowest BCUT2D eigenvalue weighted by Gasteiger charge is -2.28. The lowest BCUT2D eigenvalue weighted by molar-refractivity contribution is 0.293. The summed E-state index contributed by atoms with van der Waals surface area (Å²) in [6.07, 6.45) is 1.81. The van der Waals surface area contributed by atoms with Gasteiger partial charge in [-0.3, -0.25) is 4.57 Å². The summed E-state index contributed by atoms with van der Waals surface area (Å²) >= 11 is 18.4. The molecule has 32 heavy (non-hydrogen) atoms. The molecule has 164 valence electrons. The van der Waals surface area contributed by atoms with Crippen molar-refractivity contribution >= 4 is 34.8 Å². The Balaban J connectivity index is 1.77. The number of rotatable bonds is 6. The Kier molecular flexibility index (Phi) is 6.47. The van der Waals surface area contributed by atoms with E-state index in [0.717, 1.165) is 16.9 Å². The molecule has 0 saturated heterocycles. The van der Waals surface area contributed by atoms with Gasteiger partial charge in [0.15, 0.2) is 5.82 Å². The highest BCUT2D eigenvalue weighted by atomic mass is 35.5. The molecule has 1 heterocycles. The van der Waals surface area contributed by atoms with Crippen molar-refractivity contribution < 1.29 is 9.13 Å². The quantitative estimate of drug-likeness (QED) is 0.275. The molecule has 4 rings (SSSR count). The predicted octanol–water partition coefficient (Wildman–Crippen LogP) is 7.88. The molecule has 0 aliphatic rings. The van der Waals surface area contributed by atoms with Crippen molar-refractivity contribution in [3.05, 3.63) is 111 Å². The van der Waals surface area contributed by atoms with E-state index in [4.69, 9.17) is 39.5 Å². The Hall–Kier alpha value is -2.53. The monoisotopic (exact) mass is 488 g/mol. The molecule has 0 aliphatic carbocycles. The fraction of sp³-hybridized carbons (Fsp3) is 0.160. The first-order valence-electron chi connectivity index (χ1n) is 9.92. The first-order chi connectivity index (χ1) is 15.3. The summed E-state index contributed by atoms with van der Waals surface area (Å²) in [6, 6.07) is 19.0. The number of aromatic nitrogens is 2. The van der Waals surface area contributed by atoms with Crippen molar-refractivity contribution in [2.75, 3.05) is 0 Å². The van der Waals surface area contributed by atoms with E-state index in [1.54, 1.807) is 42.5 Å². The molecule has 0 atom stereocenters. The SMILES string of the molecule is CC(C)(c1ccc(Cl)c(Cl)c1)c1cnc(COc2ccc(Cl)cc2)n1-c1ccc(F)cc1. The van der Waals surface area contributed by atoms with Gasteiger partial charge in [-0.05, 0) is 66.2 Å². The van der Waals surface area contributed by atoms with Crippen LogP contribution in [0.4, 0.5) is 4.39 Å². The molecule has 0 N–H and O–H groups in total. The van der Waals surface area contributed by atoms with Crippen LogP contribution in [-0.2, 0) is 12.0 Å². The van der Waals surface area contributed by atoms with Crippen LogP contribution in [0.1, 0.15) is 30.9 Å². The highest BCUT2D eigenvalue weighted by Gasteiger charge is 2.30. The Morgan fingerprint density at radius 1 is 0.906 bits per heavy atom. The van der Waals surface area contributed by atoms with Gasteiger partial charge < -0.3 is 4.74 Å². The maximum Gasteiger partial charge on any atom is 0.151 e. The average Bonchev–Trinajstić information content (AvgIpc) is 3.20. The molecular formula is C25H20Cl3FN2O. The zero-order chi connectivity index (χ0) is 22.9. The molecule has 0 bridgehead atoms. The molecule has 0 unspecified atom stereocenters. The van der Waals surface area contributed by atoms with E-state index in [-0.39, 0.29) is 12.4 Å². The van der Waals surface area contributed by atoms with Gasteiger partial charge in [0.1, 0.15) is 18.2 Å². The zero-order valence-corrected chi connectivity index (χ0v) is 19.7. The zero-order valence-electron chi connectivity index (χ0n) is 17.4. The van der Waals surface area contributed by atoms with E-state index < -0.39 is 5.41 Å². The van der Waals surface area contributed by atoms with Gasteiger partial charge in [0.25, 0.3) is 0 Å². The van der Waals surface area contributed by atoms with E-state index in [1.165, 1.54) is 12.1 Å². The topological polar surface area (TPSA) is 27.1 Å². The van der Waals surface area contributed by atoms with Gasteiger partial charge in [-0.2, -0.15) is 0 Å². The van der Waals surface area contributed by atoms with Crippen molar-refractivity contribution in [1.82, 2.24) is 9.55 Å². The van der Waals surface area contributed by atoms with Crippen LogP contribution in [0.5, 0.6) is 5.75 Å². The predicted molar refractivity (Wildman–Crippen MR) is 128 cm³/mol. The van der Waals surface area contributed by atoms with Crippen LogP contribution in [0.3, 0.4) is 0 Å². The van der Waals surface area contributed by atoms with E-state index in [0.29, 0.717) is 26.6 Å². The lowest BCUT2D eigenvalue weighted by atomic mass is 9.81. The van der Waals surface area contributed by atoms with Gasteiger partial charge in [0, 0.05) is 22.3 Å². The van der Waals surface area contributed by atoms with Crippen molar-refractivity contribution in [2.24, 2.45) is 0 Å². The third-order valence-electron chi connectivity index (χ3n) is 5.38.